The summed E-state index contributed by atoms with van der Waals surface area (Å²) in [7, 11) is 0. The number of rotatable bonds is 21. The highest BCUT2D eigenvalue weighted by Gasteiger charge is 2.23. The first-order valence-electron chi connectivity index (χ1n) is 19.4. The van der Waals surface area contributed by atoms with Gasteiger partial charge in [0.2, 0.25) is 0 Å². The molecule has 2 atom stereocenters. The van der Waals surface area contributed by atoms with Gasteiger partial charge >= 0.3 is 23.9 Å². The molecule has 2 unspecified atom stereocenters. The first-order chi connectivity index (χ1) is 26.2. The van der Waals surface area contributed by atoms with Crippen LogP contribution in [0.15, 0.2) is 97.1 Å². The molecule has 0 aliphatic heterocycles. The first-order valence-corrected chi connectivity index (χ1v) is 19.4. The maximum Gasteiger partial charge on any atom is 0.343 e. The van der Waals surface area contributed by atoms with Crippen LogP contribution in [0.3, 0.4) is 0 Å². The van der Waals surface area contributed by atoms with Crippen molar-refractivity contribution in [2.75, 3.05) is 0 Å². The van der Waals surface area contributed by atoms with Crippen molar-refractivity contribution >= 4 is 23.9 Å². The van der Waals surface area contributed by atoms with E-state index in [9.17, 15) is 19.2 Å². The smallest absolute Gasteiger partial charge is 0.343 e. The topological polar surface area (TPSA) is 105 Å². The Morgan fingerprint density at radius 3 is 1.04 bits per heavy atom. The zero-order valence-electron chi connectivity index (χ0n) is 32.1. The lowest BCUT2D eigenvalue weighted by atomic mass is 10.0. The minimum absolute atomic E-state index is 0.252. The maximum absolute atomic E-state index is 12.8. The number of hydrogen-bond acceptors (Lipinski definition) is 8. The molecule has 0 spiro atoms. The summed E-state index contributed by atoms with van der Waals surface area (Å²) in [5.41, 5.74) is 3.79. The molecule has 0 aromatic heterocycles. The van der Waals surface area contributed by atoms with Crippen LogP contribution in [-0.2, 0) is 22.3 Å². The van der Waals surface area contributed by atoms with Gasteiger partial charge in [-0.2, -0.15) is 0 Å². The Kier molecular flexibility index (Phi) is 17.0. The number of aryl methyl sites for hydroxylation is 2. The van der Waals surface area contributed by atoms with Crippen molar-refractivity contribution in [3.63, 3.8) is 0 Å². The normalized spacial score (nSPS) is 12.0. The molecular weight excluding hydrogens is 680 g/mol. The van der Waals surface area contributed by atoms with Gasteiger partial charge in [0.25, 0.3) is 0 Å². The van der Waals surface area contributed by atoms with E-state index in [0.717, 1.165) is 25.7 Å². The van der Waals surface area contributed by atoms with Gasteiger partial charge in [-0.25, -0.2) is 19.2 Å². The quantitative estimate of drug-likeness (QED) is 0.0473. The van der Waals surface area contributed by atoms with Gasteiger partial charge in [0.1, 0.15) is 23.7 Å². The van der Waals surface area contributed by atoms with E-state index in [0.29, 0.717) is 22.6 Å². The fraction of sp³-hybridized carbons (Fsp3) is 0.391. The zero-order chi connectivity index (χ0) is 38.7. The van der Waals surface area contributed by atoms with Gasteiger partial charge in [-0.1, -0.05) is 89.5 Å². The van der Waals surface area contributed by atoms with Crippen LogP contribution < -0.4 is 9.47 Å². The van der Waals surface area contributed by atoms with Crippen LogP contribution in [0, 0.1) is 0 Å². The van der Waals surface area contributed by atoms with Gasteiger partial charge < -0.3 is 18.9 Å². The van der Waals surface area contributed by atoms with Crippen molar-refractivity contribution < 1.29 is 38.1 Å². The second-order valence-electron chi connectivity index (χ2n) is 13.8. The van der Waals surface area contributed by atoms with E-state index >= 15 is 0 Å². The highest BCUT2D eigenvalue weighted by atomic mass is 16.6. The van der Waals surface area contributed by atoms with E-state index in [4.69, 9.17) is 18.9 Å². The zero-order valence-corrected chi connectivity index (χ0v) is 32.1. The lowest BCUT2D eigenvalue weighted by Crippen LogP contribution is -2.30. The van der Waals surface area contributed by atoms with Crippen molar-refractivity contribution in [2.45, 2.75) is 117 Å². The second kappa shape index (κ2) is 22.1. The summed E-state index contributed by atoms with van der Waals surface area (Å²) in [6.07, 6.45) is 12.6. The standard InChI is InChI=1S/C46H54O8/c1-5-7-9-11-13-15-35-17-21-37(22-18-35)45(49)53-41-29-25-39(26-30-41)43(47)51-33(3)34(4)52-44(48)40-27-31-42(32-28-40)54-46(50)38-23-19-36(20-24-38)16-14-12-10-8-6-2/h17-34H,5-16H2,1-4H3. The molecule has 0 aliphatic rings. The van der Waals surface area contributed by atoms with Crippen LogP contribution in [0.5, 0.6) is 11.5 Å². The second-order valence-corrected chi connectivity index (χ2v) is 13.8. The molecule has 0 bridgehead atoms. The Morgan fingerprint density at radius 2 is 0.704 bits per heavy atom. The number of ether oxygens (including phenoxy) is 4. The number of carbonyl (C=O) groups excluding carboxylic acids is 4. The van der Waals surface area contributed by atoms with Gasteiger partial charge in [0, 0.05) is 0 Å². The van der Waals surface area contributed by atoms with E-state index in [-0.39, 0.29) is 11.1 Å². The third-order valence-corrected chi connectivity index (χ3v) is 9.37. The molecule has 8 heteroatoms. The van der Waals surface area contributed by atoms with Gasteiger partial charge in [0.15, 0.2) is 0 Å². The molecule has 0 radical (unpaired) electrons. The highest BCUT2D eigenvalue weighted by molar-refractivity contribution is 5.93. The molecule has 4 aromatic carbocycles. The summed E-state index contributed by atoms with van der Waals surface area (Å²) < 4.78 is 22.1. The minimum atomic E-state index is -0.758. The average molecular weight is 735 g/mol. The SMILES string of the molecule is CCCCCCCc1ccc(C(=O)Oc2ccc(C(=O)OC(C)C(C)OC(=O)c3ccc(OC(=O)c4ccc(CCCCCCC)cc4)cc3)cc2)cc1. The van der Waals surface area contributed by atoms with Crippen LogP contribution >= 0.6 is 0 Å². The van der Waals surface area contributed by atoms with E-state index in [2.05, 4.69) is 13.8 Å². The average Bonchev–Trinajstić information content (AvgIpc) is 3.18. The van der Waals surface area contributed by atoms with Crippen molar-refractivity contribution in [3.05, 3.63) is 130 Å². The third-order valence-electron chi connectivity index (χ3n) is 9.37. The molecule has 0 aliphatic carbocycles. The van der Waals surface area contributed by atoms with Gasteiger partial charge in [-0.3, -0.25) is 0 Å². The molecule has 0 saturated carbocycles. The summed E-state index contributed by atoms with van der Waals surface area (Å²) in [5.74, 6) is -1.60. The van der Waals surface area contributed by atoms with E-state index < -0.39 is 36.1 Å². The predicted molar refractivity (Wildman–Crippen MR) is 210 cm³/mol. The van der Waals surface area contributed by atoms with Crippen LogP contribution in [0.4, 0.5) is 0 Å². The monoisotopic (exact) mass is 734 g/mol. The van der Waals surface area contributed by atoms with Crippen molar-refractivity contribution in [1.82, 2.24) is 0 Å². The van der Waals surface area contributed by atoms with Gasteiger partial charge in [-0.15, -0.1) is 0 Å². The fourth-order valence-corrected chi connectivity index (χ4v) is 5.80. The van der Waals surface area contributed by atoms with Crippen LogP contribution in [0.25, 0.3) is 0 Å². The Morgan fingerprint density at radius 1 is 0.407 bits per heavy atom. The minimum Gasteiger partial charge on any atom is -0.455 e. The summed E-state index contributed by atoms with van der Waals surface area (Å²) in [5, 5.41) is 0. The largest absolute Gasteiger partial charge is 0.455 e. The predicted octanol–water partition coefficient (Wildman–Crippen LogP) is 10.9. The van der Waals surface area contributed by atoms with Crippen LogP contribution in [0.2, 0.25) is 0 Å². The summed E-state index contributed by atoms with van der Waals surface area (Å²) in [6.45, 7) is 7.67. The number of esters is 4. The molecule has 0 saturated heterocycles. The molecule has 4 rings (SSSR count). The van der Waals surface area contributed by atoms with E-state index in [1.54, 1.807) is 38.1 Å². The number of hydrogen-bond donors (Lipinski definition) is 0. The molecule has 54 heavy (non-hydrogen) atoms. The Balaban J connectivity index is 1.19. The fourth-order valence-electron chi connectivity index (χ4n) is 5.80. The lowest BCUT2D eigenvalue weighted by molar-refractivity contribution is -0.0239. The van der Waals surface area contributed by atoms with Crippen molar-refractivity contribution in [3.8, 4) is 11.5 Å². The molecule has 0 heterocycles. The maximum atomic E-state index is 12.8. The van der Waals surface area contributed by atoms with Gasteiger partial charge in [-0.05, 0) is 123 Å². The summed E-state index contributed by atoms with van der Waals surface area (Å²) in [4.78, 5) is 51.0. The molecule has 8 nitrogen and oxygen atoms in total. The van der Waals surface area contributed by atoms with E-state index in [1.807, 2.05) is 24.3 Å². The first kappa shape index (κ1) is 41.5. The molecule has 4 aromatic rings. The molecule has 0 N–H and O–H groups in total. The van der Waals surface area contributed by atoms with Crippen molar-refractivity contribution in [1.29, 1.82) is 0 Å². The van der Waals surface area contributed by atoms with Crippen LogP contribution in [0.1, 0.15) is 144 Å². The van der Waals surface area contributed by atoms with E-state index in [1.165, 1.54) is 111 Å². The number of unbranched alkanes of at least 4 members (excludes halogenated alkanes) is 8. The highest BCUT2D eigenvalue weighted by Crippen LogP contribution is 2.20. The molecule has 0 amide bonds. The Bertz CT molecular complexity index is 1630. The number of benzene rings is 4. The van der Waals surface area contributed by atoms with Gasteiger partial charge in [0.05, 0.1) is 22.3 Å². The molecular formula is C46H54O8. The molecule has 0 fully saturated rings. The summed E-state index contributed by atoms with van der Waals surface area (Å²) >= 11 is 0. The van der Waals surface area contributed by atoms with Crippen LogP contribution in [-0.4, -0.2) is 36.1 Å². The number of carbonyl (C=O) groups is 4. The lowest BCUT2D eigenvalue weighted by Gasteiger charge is -2.21. The third kappa shape index (κ3) is 13.6. The molecule has 286 valence electrons. The summed E-state index contributed by atoms with van der Waals surface area (Å²) in [6, 6.07) is 27.1. The Labute approximate surface area is 320 Å². The van der Waals surface area contributed by atoms with Crippen molar-refractivity contribution in [2.24, 2.45) is 0 Å². The Hall–Kier alpha value is -5.24.